The number of alkyl halides is 1. The summed E-state index contributed by atoms with van der Waals surface area (Å²) >= 11 is 8.66. The number of aromatic nitrogens is 2. The maximum absolute atomic E-state index is 6.38. The van der Waals surface area contributed by atoms with Gasteiger partial charge >= 0.3 is 0 Å². The van der Waals surface area contributed by atoms with Crippen molar-refractivity contribution in [3.05, 3.63) is 51.5 Å². The monoisotopic (exact) mass is 374 g/mol. The molecule has 2 aromatic rings. The van der Waals surface area contributed by atoms with Crippen LogP contribution in [0.2, 0.25) is 0 Å². The highest BCUT2D eigenvalue weighted by molar-refractivity contribution is 14.1. The third kappa shape index (κ3) is 3.55. The van der Waals surface area contributed by atoms with Crippen LogP contribution in [0.25, 0.3) is 0 Å². The predicted octanol–water partition coefficient (Wildman–Crippen LogP) is 3.61. The third-order valence-electron chi connectivity index (χ3n) is 2.53. The molecular weight excluding hydrogens is 363 g/mol. The fraction of sp³-hybridized carbons (Fsp3) is 0.231. The van der Waals surface area contributed by atoms with Crippen molar-refractivity contribution in [1.82, 2.24) is 9.97 Å². The molecule has 1 unspecified atom stereocenters. The topological polar surface area (TPSA) is 35.0 Å². The van der Waals surface area contributed by atoms with Gasteiger partial charge in [0.1, 0.15) is 6.33 Å². The quantitative estimate of drug-likeness (QED) is 0.606. The highest BCUT2D eigenvalue weighted by Crippen LogP contribution is 2.25. The van der Waals surface area contributed by atoms with Crippen molar-refractivity contribution >= 4 is 34.2 Å². The molecule has 0 saturated carbocycles. The number of ether oxygens (including phenoxy) is 1. The van der Waals surface area contributed by atoms with Crippen LogP contribution in [0.5, 0.6) is 5.88 Å². The van der Waals surface area contributed by atoms with Gasteiger partial charge in [-0.05, 0) is 40.3 Å². The molecular formula is C13H12ClIN2O. The van der Waals surface area contributed by atoms with Crippen molar-refractivity contribution in [3.63, 3.8) is 0 Å². The predicted molar refractivity (Wildman–Crippen MR) is 80.0 cm³/mol. The lowest BCUT2D eigenvalue weighted by Gasteiger charge is -2.09. The second-order valence-electron chi connectivity index (χ2n) is 3.77. The molecule has 1 heterocycles. The molecule has 1 aromatic carbocycles. The van der Waals surface area contributed by atoms with Crippen molar-refractivity contribution in [3.8, 4) is 5.88 Å². The van der Waals surface area contributed by atoms with Crippen LogP contribution in [0.1, 0.15) is 16.6 Å². The lowest BCUT2D eigenvalue weighted by molar-refractivity contribution is 0.396. The second-order valence-corrected chi connectivity index (χ2v) is 5.55. The molecule has 3 nitrogen and oxygen atoms in total. The fourth-order valence-corrected chi connectivity index (χ4v) is 2.24. The van der Waals surface area contributed by atoms with E-state index in [9.17, 15) is 0 Å². The van der Waals surface area contributed by atoms with Crippen LogP contribution in [-0.4, -0.2) is 17.1 Å². The second kappa shape index (κ2) is 6.33. The Hall–Kier alpha value is -0.880. The maximum atomic E-state index is 6.38. The zero-order chi connectivity index (χ0) is 13.0. The van der Waals surface area contributed by atoms with E-state index in [0.29, 0.717) is 12.3 Å². The van der Waals surface area contributed by atoms with E-state index in [4.69, 9.17) is 16.3 Å². The van der Waals surface area contributed by atoms with Crippen molar-refractivity contribution in [2.45, 2.75) is 11.8 Å². The molecule has 18 heavy (non-hydrogen) atoms. The smallest absolute Gasteiger partial charge is 0.216 e. The maximum Gasteiger partial charge on any atom is 0.216 e. The molecule has 0 aliphatic carbocycles. The molecule has 2 rings (SSSR count). The van der Waals surface area contributed by atoms with Gasteiger partial charge in [-0.15, -0.1) is 11.6 Å². The molecule has 1 aromatic heterocycles. The Kier molecular flexibility index (Phi) is 4.77. The van der Waals surface area contributed by atoms with E-state index in [-0.39, 0.29) is 5.38 Å². The zero-order valence-corrected chi connectivity index (χ0v) is 12.7. The van der Waals surface area contributed by atoms with Gasteiger partial charge < -0.3 is 4.74 Å². The zero-order valence-electron chi connectivity index (χ0n) is 9.81. The molecule has 0 saturated heterocycles. The first kappa shape index (κ1) is 13.5. The summed E-state index contributed by atoms with van der Waals surface area (Å²) in [5.74, 6) is 0.562. The number of nitrogens with zero attached hydrogens (tertiary/aromatic N) is 2. The van der Waals surface area contributed by atoms with E-state index in [2.05, 4.69) is 32.6 Å². The summed E-state index contributed by atoms with van der Waals surface area (Å²) in [7, 11) is 1.59. The Morgan fingerprint density at radius 1 is 1.28 bits per heavy atom. The summed E-state index contributed by atoms with van der Waals surface area (Å²) in [4.78, 5) is 8.17. The van der Waals surface area contributed by atoms with Crippen LogP contribution in [0, 0.1) is 3.57 Å². The van der Waals surface area contributed by atoms with Crippen molar-refractivity contribution in [2.75, 3.05) is 7.11 Å². The number of rotatable bonds is 4. The van der Waals surface area contributed by atoms with E-state index in [1.165, 1.54) is 9.90 Å². The number of halogens is 2. The standard InChI is InChI=1S/C13H12ClIN2O/c1-18-13-7-11(16-8-17-13)6-12(14)9-2-4-10(15)5-3-9/h2-5,7-8,12H,6H2,1H3. The van der Waals surface area contributed by atoms with Gasteiger partial charge in [0.15, 0.2) is 0 Å². The van der Waals surface area contributed by atoms with Crippen molar-refractivity contribution in [1.29, 1.82) is 0 Å². The summed E-state index contributed by atoms with van der Waals surface area (Å²) in [6, 6.07) is 9.98. The van der Waals surface area contributed by atoms with Crippen molar-refractivity contribution < 1.29 is 4.74 Å². The van der Waals surface area contributed by atoms with E-state index < -0.39 is 0 Å². The highest BCUT2D eigenvalue weighted by Gasteiger charge is 2.10. The Morgan fingerprint density at radius 3 is 2.67 bits per heavy atom. The van der Waals surface area contributed by atoms with Gasteiger partial charge in [-0.3, -0.25) is 0 Å². The summed E-state index contributed by atoms with van der Waals surface area (Å²) in [6.07, 6.45) is 2.15. The number of methoxy groups -OCH3 is 1. The van der Waals surface area contributed by atoms with E-state index >= 15 is 0 Å². The minimum absolute atomic E-state index is 0.0957. The average Bonchev–Trinajstić information content (AvgIpc) is 2.39. The average molecular weight is 375 g/mol. The summed E-state index contributed by atoms with van der Waals surface area (Å²) in [6.45, 7) is 0. The summed E-state index contributed by atoms with van der Waals surface area (Å²) in [5.41, 5.74) is 1.97. The Bertz CT molecular complexity index is 519. The third-order valence-corrected chi connectivity index (χ3v) is 3.65. The lowest BCUT2D eigenvalue weighted by atomic mass is 10.1. The van der Waals surface area contributed by atoms with Gasteiger partial charge in [0.05, 0.1) is 12.5 Å². The van der Waals surface area contributed by atoms with Gasteiger partial charge in [-0.1, -0.05) is 12.1 Å². The first-order chi connectivity index (χ1) is 8.69. The van der Waals surface area contributed by atoms with E-state index in [0.717, 1.165) is 11.3 Å². The largest absolute Gasteiger partial charge is 0.481 e. The van der Waals surface area contributed by atoms with Gasteiger partial charge in [0.25, 0.3) is 0 Å². The fourth-order valence-electron chi connectivity index (χ4n) is 1.57. The molecule has 0 aliphatic heterocycles. The molecule has 5 heteroatoms. The van der Waals surface area contributed by atoms with Crippen molar-refractivity contribution in [2.24, 2.45) is 0 Å². The minimum atomic E-state index is -0.0957. The highest BCUT2D eigenvalue weighted by atomic mass is 127. The summed E-state index contributed by atoms with van der Waals surface area (Å²) in [5, 5.41) is -0.0957. The molecule has 0 amide bonds. The first-order valence-corrected chi connectivity index (χ1v) is 6.95. The Labute approximate surface area is 125 Å². The van der Waals surface area contributed by atoms with Gasteiger partial charge in [0.2, 0.25) is 5.88 Å². The molecule has 0 N–H and O–H groups in total. The van der Waals surface area contributed by atoms with Crippen LogP contribution in [0.4, 0.5) is 0 Å². The lowest BCUT2D eigenvalue weighted by Crippen LogP contribution is -2.00. The van der Waals surface area contributed by atoms with Crippen LogP contribution in [0.3, 0.4) is 0 Å². The number of hydrogen-bond donors (Lipinski definition) is 0. The molecule has 1 atom stereocenters. The van der Waals surface area contributed by atoms with Crippen LogP contribution >= 0.6 is 34.2 Å². The summed E-state index contributed by atoms with van der Waals surface area (Å²) < 4.78 is 6.26. The minimum Gasteiger partial charge on any atom is -0.481 e. The number of hydrogen-bond acceptors (Lipinski definition) is 3. The molecule has 0 spiro atoms. The molecule has 0 bridgehead atoms. The molecule has 94 valence electrons. The Balaban J connectivity index is 2.10. The van der Waals surface area contributed by atoms with Gasteiger partial charge in [-0.25, -0.2) is 9.97 Å². The Morgan fingerprint density at radius 2 is 2.00 bits per heavy atom. The molecule has 0 fully saturated rings. The van der Waals surface area contributed by atoms with Crippen LogP contribution < -0.4 is 4.74 Å². The van der Waals surface area contributed by atoms with Crippen LogP contribution in [-0.2, 0) is 6.42 Å². The van der Waals surface area contributed by atoms with Crippen LogP contribution in [0.15, 0.2) is 36.7 Å². The van der Waals surface area contributed by atoms with E-state index in [1.807, 2.05) is 30.3 Å². The number of benzene rings is 1. The SMILES string of the molecule is COc1cc(CC(Cl)c2ccc(I)cc2)ncn1. The normalized spacial score (nSPS) is 12.2. The van der Waals surface area contributed by atoms with Gasteiger partial charge in [-0.2, -0.15) is 0 Å². The molecule has 0 radical (unpaired) electrons. The van der Waals surface area contributed by atoms with Gasteiger partial charge in [0, 0.05) is 21.8 Å². The van der Waals surface area contributed by atoms with E-state index in [1.54, 1.807) is 7.11 Å². The first-order valence-electron chi connectivity index (χ1n) is 5.43. The molecule has 0 aliphatic rings.